The van der Waals surface area contributed by atoms with Gasteiger partial charge in [-0.2, -0.15) is 0 Å². The summed E-state index contributed by atoms with van der Waals surface area (Å²) in [6.07, 6.45) is 3.58. The van der Waals surface area contributed by atoms with E-state index in [1.807, 2.05) is 12.1 Å². The summed E-state index contributed by atoms with van der Waals surface area (Å²) in [4.78, 5) is 19.3. The molecular formula is C23H36N4O3. The zero-order chi connectivity index (χ0) is 20.8. The fourth-order valence-electron chi connectivity index (χ4n) is 4.73. The first-order chi connectivity index (χ1) is 14.7. The number of β-amino-alcohol motifs (C(OH)–C–C–N with tert-alkyl or cyclic N) is 1. The van der Waals surface area contributed by atoms with Crippen LogP contribution in [0, 0.1) is 0 Å². The maximum Gasteiger partial charge on any atom is 0.253 e. The first-order valence-corrected chi connectivity index (χ1v) is 11.5. The predicted molar refractivity (Wildman–Crippen MR) is 118 cm³/mol. The molecule has 0 radical (unpaired) electrons. The highest BCUT2D eigenvalue weighted by atomic mass is 16.5. The number of ether oxygens (including phenoxy) is 1. The van der Waals surface area contributed by atoms with Gasteiger partial charge in [0.15, 0.2) is 0 Å². The third-order valence-electron chi connectivity index (χ3n) is 6.62. The lowest BCUT2D eigenvalue weighted by Crippen LogP contribution is -2.46. The van der Waals surface area contributed by atoms with E-state index in [0.717, 1.165) is 84.7 Å². The minimum Gasteiger partial charge on any atom is -0.391 e. The average molecular weight is 417 g/mol. The van der Waals surface area contributed by atoms with Gasteiger partial charge in [0.2, 0.25) is 0 Å². The number of hydrogen-bond acceptors (Lipinski definition) is 6. The standard InChI is InChI=1S/C23H36N4O3/c28-22-2-1-10-27(18-22)23(29)19-3-5-21(6-4-19)26-11-7-20(8-12-26)24-9-13-25-14-16-30-17-15-25/h3-6,20,22,24,28H,1-2,7-18H2. The number of piperidine rings is 2. The van der Waals surface area contributed by atoms with E-state index in [4.69, 9.17) is 4.74 Å². The van der Waals surface area contributed by atoms with E-state index in [9.17, 15) is 9.90 Å². The maximum absolute atomic E-state index is 12.7. The largest absolute Gasteiger partial charge is 0.391 e. The van der Waals surface area contributed by atoms with Gasteiger partial charge in [0.1, 0.15) is 0 Å². The van der Waals surface area contributed by atoms with Crippen LogP contribution in [0.2, 0.25) is 0 Å². The van der Waals surface area contributed by atoms with Crippen molar-refractivity contribution in [3.8, 4) is 0 Å². The van der Waals surface area contributed by atoms with Gasteiger partial charge in [0.05, 0.1) is 19.3 Å². The molecule has 3 aliphatic rings. The minimum atomic E-state index is -0.384. The van der Waals surface area contributed by atoms with Crippen LogP contribution in [0.5, 0.6) is 0 Å². The number of amides is 1. The quantitative estimate of drug-likeness (QED) is 0.726. The van der Waals surface area contributed by atoms with Crippen molar-refractivity contribution in [1.82, 2.24) is 15.1 Å². The number of rotatable bonds is 6. The predicted octanol–water partition coefficient (Wildman–Crippen LogP) is 1.17. The van der Waals surface area contributed by atoms with E-state index >= 15 is 0 Å². The van der Waals surface area contributed by atoms with Gasteiger partial charge in [-0.1, -0.05) is 0 Å². The van der Waals surface area contributed by atoms with Crippen LogP contribution in [0.1, 0.15) is 36.0 Å². The van der Waals surface area contributed by atoms with Gasteiger partial charge < -0.3 is 25.0 Å². The zero-order valence-corrected chi connectivity index (χ0v) is 18.0. The molecule has 1 unspecified atom stereocenters. The Bertz CT molecular complexity index is 670. The molecule has 1 atom stereocenters. The van der Waals surface area contributed by atoms with E-state index in [-0.39, 0.29) is 12.0 Å². The number of carbonyl (C=O) groups is 1. The Hall–Kier alpha value is -1.67. The monoisotopic (exact) mass is 416 g/mol. The number of hydrogen-bond donors (Lipinski definition) is 2. The smallest absolute Gasteiger partial charge is 0.253 e. The minimum absolute atomic E-state index is 0.0310. The van der Waals surface area contributed by atoms with Crippen LogP contribution in [-0.2, 0) is 4.74 Å². The lowest BCUT2D eigenvalue weighted by atomic mass is 10.0. The van der Waals surface area contributed by atoms with Crippen LogP contribution in [0.25, 0.3) is 0 Å². The SMILES string of the molecule is O=C(c1ccc(N2CCC(NCCN3CCOCC3)CC2)cc1)N1CCCC(O)C1. The Labute approximate surface area is 180 Å². The molecule has 4 rings (SSSR count). The number of carbonyl (C=O) groups excluding carboxylic acids is 1. The summed E-state index contributed by atoms with van der Waals surface area (Å²) in [5.74, 6) is 0.0310. The van der Waals surface area contributed by atoms with Crippen molar-refractivity contribution in [1.29, 1.82) is 0 Å². The molecule has 166 valence electrons. The Morgan fingerprint density at radius 1 is 1.03 bits per heavy atom. The molecule has 3 aliphatic heterocycles. The van der Waals surface area contributed by atoms with Crippen LogP contribution in [-0.4, -0.2) is 98.5 Å². The number of morpholine rings is 1. The van der Waals surface area contributed by atoms with Crippen molar-refractivity contribution in [2.24, 2.45) is 0 Å². The molecule has 3 fully saturated rings. The summed E-state index contributed by atoms with van der Waals surface area (Å²) < 4.78 is 5.41. The van der Waals surface area contributed by atoms with Crippen LogP contribution in [0.4, 0.5) is 5.69 Å². The molecule has 0 aromatic heterocycles. The summed E-state index contributed by atoms with van der Waals surface area (Å²) in [5, 5.41) is 13.5. The number of anilines is 1. The number of aliphatic hydroxyl groups is 1. The molecular weight excluding hydrogens is 380 g/mol. The second-order valence-corrected chi connectivity index (χ2v) is 8.76. The summed E-state index contributed by atoms with van der Waals surface area (Å²) in [7, 11) is 0. The van der Waals surface area contributed by atoms with Crippen LogP contribution < -0.4 is 10.2 Å². The van der Waals surface area contributed by atoms with Crippen molar-refractivity contribution < 1.29 is 14.6 Å². The van der Waals surface area contributed by atoms with Crippen LogP contribution >= 0.6 is 0 Å². The summed E-state index contributed by atoms with van der Waals surface area (Å²) in [6, 6.07) is 8.60. The fourth-order valence-corrected chi connectivity index (χ4v) is 4.73. The molecule has 7 heteroatoms. The van der Waals surface area contributed by atoms with Gasteiger partial charge in [-0.25, -0.2) is 0 Å². The molecule has 1 amide bonds. The molecule has 7 nitrogen and oxygen atoms in total. The molecule has 3 heterocycles. The topological polar surface area (TPSA) is 68.3 Å². The Morgan fingerprint density at radius 3 is 2.47 bits per heavy atom. The van der Waals surface area contributed by atoms with E-state index in [1.165, 1.54) is 5.69 Å². The number of likely N-dealkylation sites (tertiary alicyclic amines) is 1. The molecule has 0 saturated carbocycles. The fraction of sp³-hybridized carbons (Fsp3) is 0.696. The number of nitrogens with zero attached hydrogens (tertiary/aromatic N) is 3. The van der Waals surface area contributed by atoms with E-state index in [0.29, 0.717) is 18.2 Å². The highest BCUT2D eigenvalue weighted by molar-refractivity contribution is 5.94. The van der Waals surface area contributed by atoms with Gasteiger partial charge in [0, 0.05) is 69.7 Å². The first kappa shape index (κ1) is 21.6. The van der Waals surface area contributed by atoms with E-state index < -0.39 is 0 Å². The van der Waals surface area contributed by atoms with Crippen molar-refractivity contribution >= 4 is 11.6 Å². The maximum atomic E-state index is 12.7. The summed E-state index contributed by atoms with van der Waals surface area (Å²) >= 11 is 0. The number of nitrogens with one attached hydrogen (secondary N) is 1. The first-order valence-electron chi connectivity index (χ1n) is 11.5. The van der Waals surface area contributed by atoms with E-state index in [2.05, 4.69) is 27.2 Å². The lowest BCUT2D eigenvalue weighted by Gasteiger charge is -2.35. The highest BCUT2D eigenvalue weighted by Gasteiger charge is 2.24. The number of aliphatic hydroxyl groups excluding tert-OH is 1. The third-order valence-corrected chi connectivity index (χ3v) is 6.62. The van der Waals surface area contributed by atoms with Crippen molar-refractivity contribution in [3.63, 3.8) is 0 Å². The molecule has 0 aliphatic carbocycles. The third kappa shape index (κ3) is 5.72. The Morgan fingerprint density at radius 2 is 1.77 bits per heavy atom. The second-order valence-electron chi connectivity index (χ2n) is 8.76. The normalized spacial score (nSPS) is 24.2. The Balaban J connectivity index is 1.20. The molecule has 1 aromatic carbocycles. The Kier molecular flexibility index (Phi) is 7.60. The van der Waals surface area contributed by atoms with Gasteiger partial charge >= 0.3 is 0 Å². The van der Waals surface area contributed by atoms with Crippen LogP contribution in [0.15, 0.2) is 24.3 Å². The van der Waals surface area contributed by atoms with Gasteiger partial charge in [-0.3, -0.25) is 9.69 Å². The van der Waals surface area contributed by atoms with Gasteiger partial charge in [-0.15, -0.1) is 0 Å². The molecule has 1 aromatic rings. The summed E-state index contributed by atoms with van der Waals surface area (Å²) in [5.41, 5.74) is 1.91. The molecule has 3 saturated heterocycles. The second kappa shape index (κ2) is 10.6. The molecule has 2 N–H and O–H groups in total. The van der Waals surface area contributed by atoms with Gasteiger partial charge in [-0.05, 0) is 49.9 Å². The highest BCUT2D eigenvalue weighted by Crippen LogP contribution is 2.22. The van der Waals surface area contributed by atoms with Crippen molar-refractivity contribution in [2.75, 3.05) is 70.5 Å². The zero-order valence-electron chi connectivity index (χ0n) is 18.0. The number of benzene rings is 1. The van der Waals surface area contributed by atoms with Crippen molar-refractivity contribution in [2.45, 2.75) is 37.8 Å². The van der Waals surface area contributed by atoms with Crippen molar-refractivity contribution in [3.05, 3.63) is 29.8 Å². The van der Waals surface area contributed by atoms with Gasteiger partial charge in [0.25, 0.3) is 5.91 Å². The molecule has 0 spiro atoms. The van der Waals surface area contributed by atoms with E-state index in [1.54, 1.807) is 4.90 Å². The lowest BCUT2D eigenvalue weighted by molar-refractivity contribution is 0.0380. The summed E-state index contributed by atoms with van der Waals surface area (Å²) in [6.45, 7) is 9.26. The van der Waals surface area contributed by atoms with Crippen LogP contribution in [0.3, 0.4) is 0 Å². The molecule has 30 heavy (non-hydrogen) atoms. The average Bonchev–Trinajstić information content (AvgIpc) is 2.80. The molecule has 0 bridgehead atoms.